The number of hydrogen-bond donors (Lipinski definition) is 0. The first kappa shape index (κ1) is 73.0. The van der Waals surface area contributed by atoms with Crippen LogP contribution >= 0.6 is 0 Å². The lowest BCUT2D eigenvalue weighted by molar-refractivity contribution is -0.144. The van der Waals surface area contributed by atoms with Gasteiger partial charge in [-0.25, -0.2) is 0 Å². The Hall–Kier alpha value is -10.8. The number of alkyl halides is 30. The van der Waals surface area contributed by atoms with Gasteiger partial charge in [0.25, 0.3) is 0 Å². The van der Waals surface area contributed by atoms with Crippen molar-refractivity contribution >= 4 is 43.6 Å². The van der Waals surface area contributed by atoms with Gasteiger partial charge in [-0.2, -0.15) is 137 Å². The van der Waals surface area contributed by atoms with Crippen molar-refractivity contribution in [2.24, 2.45) is 0 Å². The van der Waals surface area contributed by atoms with E-state index in [1.165, 1.54) is 0 Å². The van der Waals surface area contributed by atoms with Crippen LogP contribution in [0.15, 0.2) is 176 Å². The summed E-state index contributed by atoms with van der Waals surface area (Å²) in [5, 5.41) is 10.3. The zero-order chi connectivity index (χ0) is 76.3. The summed E-state index contributed by atoms with van der Waals surface area (Å²) in [5.74, 6) is 0. The smallest absolute Gasteiger partial charge is 0.308 e. The number of halogens is 30. The molecule has 10 aromatic carbocycles. The minimum absolute atomic E-state index is 0.0787. The van der Waals surface area contributed by atoms with Gasteiger partial charge in [-0.1, -0.05) is 78.9 Å². The summed E-state index contributed by atoms with van der Waals surface area (Å²) in [6.07, 6.45) is -56.6. The second-order valence-corrected chi connectivity index (χ2v) is 23.3. The topological polar surface area (TPSA) is 33.6 Å². The van der Waals surface area contributed by atoms with E-state index in [-0.39, 0.29) is 88.3 Å². The first-order valence-corrected chi connectivity index (χ1v) is 29.0. The average molecular weight is 1490 g/mol. The Bertz CT molecular complexity index is 4940. The van der Waals surface area contributed by atoms with Gasteiger partial charge in [0.15, 0.2) is 0 Å². The number of fused-ring (bicyclic) bond motifs is 6. The van der Waals surface area contributed by atoms with Crippen molar-refractivity contribution in [2.75, 3.05) is 0 Å². The van der Waals surface area contributed by atoms with Crippen molar-refractivity contribution in [1.29, 1.82) is 5.26 Å². The van der Waals surface area contributed by atoms with Gasteiger partial charge >= 0.3 is 61.8 Å². The predicted molar refractivity (Wildman–Crippen MR) is 317 cm³/mol. The largest absolute Gasteiger partial charge is 0.417 e. The lowest BCUT2D eigenvalue weighted by Crippen LogP contribution is -2.15. The molecule has 0 radical (unpaired) electrons. The number of benzene rings is 10. The SMILES string of the molecule is N#Cc1c(-n2c3cc(-c4ccc(C(F)(F)F)cc4C(F)(F)F)ccc3c3ccc(-c4ccc(C(F)(F)F)cc4C(F)(F)F)cc32)cc(-c2c(C(F)(F)F)cccc2C(F)(F)F)cc1-n1c2cc(-c3ccc(C(F)(F)F)cc3C(F)(F)F)ccc2c2ccc(-c3ccc(C(F)(F)F)cc3C(F)(F)F)cc21. The summed E-state index contributed by atoms with van der Waals surface area (Å²) in [6, 6.07) is 12.8. The molecule has 0 fully saturated rings. The lowest BCUT2D eigenvalue weighted by atomic mass is 9.91. The fourth-order valence-corrected chi connectivity index (χ4v) is 12.6. The van der Waals surface area contributed by atoms with Gasteiger partial charge in [0, 0.05) is 27.1 Å². The molecule has 0 aliphatic heterocycles. The Morgan fingerprint density at radius 3 is 0.663 bits per heavy atom. The van der Waals surface area contributed by atoms with E-state index in [0.717, 1.165) is 48.5 Å². The maximum Gasteiger partial charge on any atom is 0.417 e. The molecule has 0 bridgehead atoms. The molecule has 0 aliphatic carbocycles. The van der Waals surface area contributed by atoms with E-state index in [2.05, 4.69) is 0 Å². The molecule has 3 nitrogen and oxygen atoms in total. The second kappa shape index (κ2) is 24.1. The highest BCUT2D eigenvalue weighted by Gasteiger charge is 2.46. The third-order valence-corrected chi connectivity index (χ3v) is 17.0. The van der Waals surface area contributed by atoms with E-state index in [1.807, 2.05) is 0 Å². The van der Waals surface area contributed by atoms with Crippen LogP contribution in [0.5, 0.6) is 0 Å². The standard InChI is InChI=1S/C71H29F30N3/c72-62(73,74)36-8-16-40(51(26-36)68(90,91)92)31-4-12-44-45-13-5-32(41-17-9-37(63(75,76)77)27-52(41)69(93,94)95)21-56(45)103(55(44)20-31)59-24-35(61-49(66(84,85)86)2-1-3-50(61)67(87,88)89)25-60(48(59)30-102)104-57-22-33(42-18-10-38(64(78,79)80)28-53(42)70(96,97)98)6-14-46(57)47-15-7-34(23-58(47)104)43-19-11-39(65(81,82)83)29-54(43)71(99,100)101/h1-29H. The minimum Gasteiger partial charge on any atom is -0.308 e. The average Bonchev–Trinajstić information content (AvgIpc) is 1.52. The van der Waals surface area contributed by atoms with Crippen molar-refractivity contribution in [3.8, 4) is 73.1 Å². The third-order valence-electron chi connectivity index (χ3n) is 17.0. The fourth-order valence-electron chi connectivity index (χ4n) is 12.6. The van der Waals surface area contributed by atoms with Crippen LogP contribution in [-0.2, 0) is 61.8 Å². The maximum atomic E-state index is 15.7. The quantitative estimate of drug-likeness (QED) is 0.146. The Balaban J connectivity index is 1.32. The van der Waals surface area contributed by atoms with Crippen molar-refractivity contribution in [2.45, 2.75) is 61.8 Å². The highest BCUT2D eigenvalue weighted by molar-refractivity contribution is 6.14. The number of nitriles is 1. The van der Waals surface area contributed by atoms with Gasteiger partial charge < -0.3 is 9.13 Å². The van der Waals surface area contributed by atoms with Crippen molar-refractivity contribution in [3.05, 3.63) is 237 Å². The normalized spacial score (nSPS) is 13.5. The van der Waals surface area contributed by atoms with Crippen LogP contribution in [0.1, 0.15) is 61.2 Å². The number of hydrogen-bond acceptors (Lipinski definition) is 1. The fraction of sp³-hybridized carbons (Fsp3) is 0.141. The molecular weight excluding hydrogens is 1460 g/mol. The van der Waals surface area contributed by atoms with E-state index >= 15 is 79.0 Å². The Kier molecular flexibility index (Phi) is 16.9. The van der Waals surface area contributed by atoms with E-state index in [1.54, 1.807) is 6.07 Å². The molecule has 0 unspecified atom stereocenters. The summed E-state index contributed by atoms with van der Waals surface area (Å²) in [6.45, 7) is 0. The molecular formula is C71H29F30N3. The molecule has 0 atom stereocenters. The Morgan fingerprint density at radius 1 is 0.231 bits per heavy atom. The second-order valence-electron chi connectivity index (χ2n) is 23.3. The van der Waals surface area contributed by atoms with E-state index in [9.17, 15) is 57.9 Å². The molecule has 0 N–H and O–H groups in total. The van der Waals surface area contributed by atoms with Crippen LogP contribution in [0.3, 0.4) is 0 Å². The highest BCUT2D eigenvalue weighted by Crippen LogP contribution is 2.53. The van der Waals surface area contributed by atoms with Gasteiger partial charge in [-0.05, 0) is 147 Å². The van der Waals surface area contributed by atoms with E-state index in [0.29, 0.717) is 69.8 Å². The van der Waals surface area contributed by atoms with Crippen LogP contribution in [-0.4, -0.2) is 9.13 Å². The van der Waals surface area contributed by atoms with Crippen LogP contribution in [0, 0.1) is 11.3 Å². The van der Waals surface area contributed by atoms with Crippen LogP contribution < -0.4 is 0 Å². The van der Waals surface area contributed by atoms with Crippen LogP contribution in [0.2, 0.25) is 0 Å². The van der Waals surface area contributed by atoms with Crippen LogP contribution in [0.4, 0.5) is 132 Å². The molecule has 0 aliphatic rings. The lowest BCUT2D eigenvalue weighted by Gasteiger charge is -2.23. The number of nitrogens with zero attached hydrogens (tertiary/aromatic N) is 3. The van der Waals surface area contributed by atoms with Crippen molar-refractivity contribution < 1.29 is 132 Å². The molecule has 33 heteroatoms. The summed E-state index contributed by atoms with van der Waals surface area (Å²) in [7, 11) is 0. The summed E-state index contributed by atoms with van der Waals surface area (Å²) in [4.78, 5) is 0. The summed E-state index contributed by atoms with van der Waals surface area (Å²) >= 11 is 0. The van der Waals surface area contributed by atoms with E-state index < -0.39 is 212 Å². The highest BCUT2D eigenvalue weighted by atomic mass is 19.4. The monoisotopic (exact) mass is 1490 g/mol. The molecule has 104 heavy (non-hydrogen) atoms. The van der Waals surface area contributed by atoms with Gasteiger partial charge in [-0.15, -0.1) is 0 Å². The zero-order valence-electron chi connectivity index (χ0n) is 50.4. The predicted octanol–water partition coefficient (Wildman–Crippen LogP) is 26.3. The summed E-state index contributed by atoms with van der Waals surface area (Å²) in [5.41, 5.74) is -37.5. The number of aromatic nitrogens is 2. The Morgan fingerprint density at radius 2 is 0.462 bits per heavy atom. The van der Waals surface area contributed by atoms with Gasteiger partial charge in [0.2, 0.25) is 0 Å². The molecule has 12 aromatic rings. The molecule has 0 saturated heterocycles. The van der Waals surface area contributed by atoms with Crippen molar-refractivity contribution in [3.63, 3.8) is 0 Å². The first-order valence-electron chi connectivity index (χ1n) is 29.0. The molecule has 2 aromatic heterocycles. The number of rotatable bonds is 7. The van der Waals surface area contributed by atoms with Gasteiger partial charge in [0.05, 0.1) is 89.1 Å². The maximum absolute atomic E-state index is 15.7. The van der Waals surface area contributed by atoms with Gasteiger partial charge in [-0.3, -0.25) is 0 Å². The molecule has 0 amide bonds. The van der Waals surface area contributed by atoms with Crippen molar-refractivity contribution in [1.82, 2.24) is 9.13 Å². The molecule has 538 valence electrons. The molecule has 12 rings (SSSR count). The summed E-state index contributed by atoms with van der Waals surface area (Å²) < 4.78 is 446. The minimum atomic E-state index is -5.91. The molecule has 0 saturated carbocycles. The van der Waals surface area contributed by atoms with Crippen LogP contribution in [0.25, 0.3) is 111 Å². The zero-order valence-corrected chi connectivity index (χ0v) is 50.4. The molecule has 2 heterocycles. The molecule has 0 spiro atoms. The third kappa shape index (κ3) is 13.2. The Labute approximate surface area is 560 Å². The first-order chi connectivity index (χ1) is 47.8. The van der Waals surface area contributed by atoms with E-state index in [4.69, 9.17) is 0 Å². The van der Waals surface area contributed by atoms with Gasteiger partial charge in [0.1, 0.15) is 11.6 Å².